The van der Waals surface area contributed by atoms with Crippen LogP contribution in [0.4, 0.5) is 0 Å². The molecule has 0 bridgehead atoms. The SMILES string of the molecule is CC(C)(C)CCC1=CC(Cl)CCC1. The molecule has 0 saturated heterocycles. The third kappa shape index (κ3) is 4.71. The first-order valence-electron chi connectivity index (χ1n) is 5.31. The molecule has 0 aromatic heterocycles. The van der Waals surface area contributed by atoms with E-state index in [1.54, 1.807) is 5.57 Å². The van der Waals surface area contributed by atoms with Gasteiger partial charge in [0.05, 0.1) is 5.38 Å². The van der Waals surface area contributed by atoms with E-state index in [-0.39, 0.29) is 0 Å². The van der Waals surface area contributed by atoms with Gasteiger partial charge in [0.1, 0.15) is 0 Å². The predicted octanol–water partition coefficient (Wildman–Crippen LogP) is 4.53. The fraction of sp³-hybridized carbons (Fsp3) is 0.833. The van der Waals surface area contributed by atoms with Gasteiger partial charge in [-0.2, -0.15) is 0 Å². The summed E-state index contributed by atoms with van der Waals surface area (Å²) in [5.41, 5.74) is 2.04. The van der Waals surface area contributed by atoms with Gasteiger partial charge in [-0.15, -0.1) is 11.6 Å². The zero-order valence-electron chi connectivity index (χ0n) is 9.07. The molecule has 0 aliphatic heterocycles. The van der Waals surface area contributed by atoms with E-state index >= 15 is 0 Å². The Hall–Kier alpha value is 0.0300. The number of halogens is 1. The van der Waals surface area contributed by atoms with E-state index in [1.165, 1.54) is 32.1 Å². The Kier molecular flexibility index (Phi) is 3.85. The Morgan fingerprint density at radius 2 is 2.15 bits per heavy atom. The molecule has 0 amide bonds. The van der Waals surface area contributed by atoms with Crippen molar-refractivity contribution in [1.82, 2.24) is 0 Å². The Balaban J connectivity index is 2.36. The highest BCUT2D eigenvalue weighted by molar-refractivity contribution is 6.21. The minimum Gasteiger partial charge on any atom is -0.118 e. The van der Waals surface area contributed by atoms with E-state index in [0.29, 0.717) is 10.8 Å². The first kappa shape index (κ1) is 11.1. The van der Waals surface area contributed by atoms with Crippen molar-refractivity contribution in [3.63, 3.8) is 0 Å². The monoisotopic (exact) mass is 200 g/mol. The topological polar surface area (TPSA) is 0 Å². The highest BCUT2D eigenvalue weighted by atomic mass is 35.5. The summed E-state index contributed by atoms with van der Waals surface area (Å²) in [6.07, 6.45) is 8.52. The van der Waals surface area contributed by atoms with E-state index < -0.39 is 0 Å². The van der Waals surface area contributed by atoms with Crippen LogP contribution in [0.15, 0.2) is 11.6 Å². The molecule has 0 radical (unpaired) electrons. The van der Waals surface area contributed by atoms with Crippen LogP contribution in [0.1, 0.15) is 52.9 Å². The van der Waals surface area contributed by atoms with Crippen LogP contribution >= 0.6 is 11.6 Å². The molecule has 1 aliphatic carbocycles. The molecular weight excluding hydrogens is 180 g/mol. The number of alkyl halides is 1. The molecule has 0 heterocycles. The lowest BCUT2D eigenvalue weighted by Gasteiger charge is -2.21. The van der Waals surface area contributed by atoms with E-state index in [9.17, 15) is 0 Å². The fourth-order valence-corrected chi connectivity index (χ4v) is 2.02. The Morgan fingerprint density at radius 3 is 2.69 bits per heavy atom. The van der Waals surface area contributed by atoms with Gasteiger partial charge in [0.25, 0.3) is 0 Å². The smallest absolute Gasteiger partial charge is 0.0518 e. The van der Waals surface area contributed by atoms with Crippen molar-refractivity contribution in [2.24, 2.45) is 5.41 Å². The van der Waals surface area contributed by atoms with Crippen LogP contribution in [-0.4, -0.2) is 5.38 Å². The Morgan fingerprint density at radius 1 is 1.46 bits per heavy atom. The minimum absolute atomic E-state index is 0.309. The first-order chi connectivity index (χ1) is 5.97. The van der Waals surface area contributed by atoms with Crippen LogP contribution < -0.4 is 0 Å². The summed E-state index contributed by atoms with van der Waals surface area (Å²) >= 11 is 6.08. The van der Waals surface area contributed by atoms with Gasteiger partial charge < -0.3 is 0 Å². The summed E-state index contributed by atoms with van der Waals surface area (Å²) < 4.78 is 0. The van der Waals surface area contributed by atoms with Crippen molar-refractivity contribution in [3.8, 4) is 0 Å². The molecule has 1 heteroatoms. The molecule has 0 aromatic carbocycles. The highest BCUT2D eigenvalue weighted by Crippen LogP contribution is 2.29. The molecule has 1 aliphatic rings. The third-order valence-electron chi connectivity index (χ3n) is 2.59. The van der Waals surface area contributed by atoms with Gasteiger partial charge in [-0.25, -0.2) is 0 Å². The molecule has 0 spiro atoms. The van der Waals surface area contributed by atoms with Gasteiger partial charge in [-0.3, -0.25) is 0 Å². The maximum absolute atomic E-state index is 6.08. The maximum atomic E-state index is 6.08. The second-order valence-electron chi connectivity index (χ2n) is 5.29. The largest absolute Gasteiger partial charge is 0.118 e. The Labute approximate surface area is 87.4 Å². The second-order valence-corrected chi connectivity index (χ2v) is 5.85. The summed E-state index contributed by atoms with van der Waals surface area (Å²) in [5, 5.41) is 0.309. The van der Waals surface area contributed by atoms with Crippen molar-refractivity contribution in [2.45, 2.75) is 58.3 Å². The zero-order chi connectivity index (χ0) is 9.90. The maximum Gasteiger partial charge on any atom is 0.0518 e. The number of rotatable bonds is 2. The van der Waals surface area contributed by atoms with Crippen LogP contribution in [0.3, 0.4) is 0 Å². The molecule has 0 N–H and O–H groups in total. The standard InChI is InChI=1S/C12H21Cl/c1-12(2,3)8-7-10-5-4-6-11(13)9-10/h9,11H,4-8H2,1-3H3. The van der Waals surface area contributed by atoms with Crippen LogP contribution in [-0.2, 0) is 0 Å². The lowest BCUT2D eigenvalue weighted by atomic mass is 9.86. The highest BCUT2D eigenvalue weighted by Gasteiger charge is 2.14. The lowest BCUT2D eigenvalue weighted by Crippen LogP contribution is -2.08. The number of hydrogen-bond acceptors (Lipinski definition) is 0. The Bertz CT molecular complexity index is 186. The van der Waals surface area contributed by atoms with Gasteiger partial charge in [0, 0.05) is 0 Å². The van der Waals surface area contributed by atoms with E-state index in [2.05, 4.69) is 26.8 Å². The lowest BCUT2D eigenvalue weighted by molar-refractivity contribution is 0.374. The summed E-state index contributed by atoms with van der Waals surface area (Å²) in [4.78, 5) is 0. The van der Waals surface area contributed by atoms with Crippen molar-refractivity contribution in [1.29, 1.82) is 0 Å². The quantitative estimate of drug-likeness (QED) is 0.454. The average Bonchev–Trinajstić information content (AvgIpc) is 2.00. The molecule has 1 rings (SSSR count). The fourth-order valence-electron chi connectivity index (χ4n) is 1.69. The van der Waals surface area contributed by atoms with Gasteiger partial charge in [-0.05, 0) is 37.5 Å². The minimum atomic E-state index is 0.309. The number of hydrogen-bond donors (Lipinski definition) is 0. The summed E-state index contributed by atoms with van der Waals surface area (Å²) in [5.74, 6) is 0. The molecule has 0 nitrogen and oxygen atoms in total. The van der Waals surface area contributed by atoms with Crippen LogP contribution in [0.5, 0.6) is 0 Å². The van der Waals surface area contributed by atoms with Crippen molar-refractivity contribution >= 4 is 11.6 Å². The van der Waals surface area contributed by atoms with Gasteiger partial charge in [0.2, 0.25) is 0 Å². The predicted molar refractivity (Wildman–Crippen MR) is 60.3 cm³/mol. The van der Waals surface area contributed by atoms with Crippen molar-refractivity contribution in [2.75, 3.05) is 0 Å². The summed E-state index contributed by atoms with van der Waals surface area (Å²) in [6, 6.07) is 0. The van der Waals surface area contributed by atoms with Crippen molar-refractivity contribution in [3.05, 3.63) is 11.6 Å². The van der Waals surface area contributed by atoms with E-state index in [1.807, 2.05) is 0 Å². The van der Waals surface area contributed by atoms with Crippen LogP contribution in [0.2, 0.25) is 0 Å². The summed E-state index contributed by atoms with van der Waals surface area (Å²) in [6.45, 7) is 6.90. The van der Waals surface area contributed by atoms with Crippen molar-refractivity contribution < 1.29 is 0 Å². The number of allylic oxidation sites excluding steroid dienone is 2. The van der Waals surface area contributed by atoms with Gasteiger partial charge in [0.15, 0.2) is 0 Å². The third-order valence-corrected chi connectivity index (χ3v) is 2.93. The van der Waals surface area contributed by atoms with Gasteiger partial charge in [-0.1, -0.05) is 32.4 Å². The zero-order valence-corrected chi connectivity index (χ0v) is 9.82. The van der Waals surface area contributed by atoms with Gasteiger partial charge >= 0.3 is 0 Å². The molecule has 0 aromatic rings. The summed E-state index contributed by atoms with van der Waals surface area (Å²) in [7, 11) is 0. The molecule has 13 heavy (non-hydrogen) atoms. The molecule has 76 valence electrons. The molecule has 0 fully saturated rings. The average molecular weight is 201 g/mol. The molecular formula is C12H21Cl. The molecule has 1 atom stereocenters. The molecule has 1 unspecified atom stereocenters. The first-order valence-corrected chi connectivity index (χ1v) is 5.75. The normalized spacial score (nSPS) is 24.3. The second kappa shape index (κ2) is 4.50. The van der Waals surface area contributed by atoms with E-state index in [0.717, 1.165) is 0 Å². The van der Waals surface area contributed by atoms with E-state index in [4.69, 9.17) is 11.6 Å². The van der Waals surface area contributed by atoms with Crippen LogP contribution in [0, 0.1) is 5.41 Å². The molecule has 0 saturated carbocycles. The van der Waals surface area contributed by atoms with Crippen LogP contribution in [0.25, 0.3) is 0 Å².